The van der Waals surface area contributed by atoms with Crippen LogP contribution in [0, 0.1) is 5.92 Å². The first-order valence-electron chi connectivity index (χ1n) is 8.13. The molecule has 1 aromatic carbocycles. The normalized spacial score (nSPS) is 13.2. The first kappa shape index (κ1) is 17.2. The van der Waals surface area contributed by atoms with Gasteiger partial charge in [0.25, 0.3) is 0 Å². The molecule has 0 aliphatic heterocycles. The van der Waals surface area contributed by atoms with Crippen LogP contribution in [-0.4, -0.2) is 29.6 Å². The van der Waals surface area contributed by atoms with E-state index in [0.717, 1.165) is 37.5 Å². The van der Waals surface area contributed by atoms with Gasteiger partial charge in [0.05, 0.1) is 6.10 Å². The van der Waals surface area contributed by atoms with Gasteiger partial charge in [-0.15, -0.1) is 0 Å². The molecule has 1 aromatic rings. The van der Waals surface area contributed by atoms with E-state index in [2.05, 4.69) is 56.9 Å². The highest BCUT2D eigenvalue weighted by Crippen LogP contribution is 2.17. The second-order valence-electron chi connectivity index (χ2n) is 5.65. The van der Waals surface area contributed by atoms with Crippen LogP contribution >= 0.6 is 0 Å². The summed E-state index contributed by atoms with van der Waals surface area (Å²) in [5.74, 6) is 0.740. The van der Waals surface area contributed by atoms with E-state index in [4.69, 9.17) is 0 Å². The summed E-state index contributed by atoms with van der Waals surface area (Å²) < 4.78 is 0. The summed E-state index contributed by atoms with van der Waals surface area (Å²) >= 11 is 0. The van der Waals surface area contributed by atoms with Crippen molar-refractivity contribution in [3.63, 3.8) is 0 Å². The molecular weight excluding hydrogens is 246 g/mol. The van der Waals surface area contributed by atoms with Gasteiger partial charge >= 0.3 is 0 Å². The van der Waals surface area contributed by atoms with Crippen molar-refractivity contribution >= 4 is 0 Å². The highest BCUT2D eigenvalue weighted by atomic mass is 16.3. The quantitative estimate of drug-likeness (QED) is 0.736. The van der Waals surface area contributed by atoms with Crippen LogP contribution < -0.4 is 0 Å². The minimum Gasteiger partial charge on any atom is -0.387 e. The van der Waals surface area contributed by atoms with Crippen LogP contribution in [0.3, 0.4) is 0 Å². The van der Waals surface area contributed by atoms with E-state index < -0.39 is 0 Å². The first-order valence-corrected chi connectivity index (χ1v) is 8.13. The first-order chi connectivity index (χ1) is 9.64. The Morgan fingerprint density at radius 3 is 2.00 bits per heavy atom. The van der Waals surface area contributed by atoms with Gasteiger partial charge in [0.15, 0.2) is 0 Å². The van der Waals surface area contributed by atoms with Crippen molar-refractivity contribution in [1.82, 2.24) is 4.90 Å². The van der Waals surface area contributed by atoms with Gasteiger partial charge < -0.3 is 10.0 Å². The van der Waals surface area contributed by atoms with Crippen molar-refractivity contribution in [3.05, 3.63) is 35.4 Å². The largest absolute Gasteiger partial charge is 0.387 e. The van der Waals surface area contributed by atoms with E-state index in [0.29, 0.717) is 0 Å². The fourth-order valence-electron chi connectivity index (χ4n) is 2.57. The molecule has 0 aromatic heterocycles. The zero-order chi connectivity index (χ0) is 15.0. The molecule has 0 aliphatic carbocycles. The molecule has 0 fully saturated rings. The Hall–Kier alpha value is -0.860. The van der Waals surface area contributed by atoms with Crippen molar-refractivity contribution in [2.75, 3.05) is 19.6 Å². The lowest BCUT2D eigenvalue weighted by Gasteiger charge is -2.27. The number of rotatable bonds is 9. The lowest BCUT2D eigenvalue weighted by molar-refractivity contribution is 0.105. The molecule has 0 bridgehead atoms. The molecule has 1 atom stereocenters. The maximum Gasteiger partial charge on any atom is 0.0916 e. The summed E-state index contributed by atoms with van der Waals surface area (Å²) in [5, 5.41) is 10.4. The van der Waals surface area contributed by atoms with E-state index in [9.17, 15) is 5.11 Å². The highest BCUT2D eigenvalue weighted by molar-refractivity contribution is 5.24. The number of nitrogens with zero attached hydrogens (tertiary/aromatic N) is 1. The molecule has 1 rings (SSSR count). The average Bonchev–Trinajstić information content (AvgIpc) is 2.51. The molecule has 0 heterocycles. The standard InChI is InChI=1S/C18H31NO/c1-5-15(6-2)13-19(8-4)14-18(20)17-11-9-16(7-3)10-12-17/h9-12,15,18,20H,5-8,13-14H2,1-4H3. The minimum atomic E-state index is -0.379. The van der Waals surface area contributed by atoms with Crippen molar-refractivity contribution in [1.29, 1.82) is 0 Å². The van der Waals surface area contributed by atoms with Crippen molar-refractivity contribution < 1.29 is 5.11 Å². The Morgan fingerprint density at radius 2 is 1.55 bits per heavy atom. The second-order valence-corrected chi connectivity index (χ2v) is 5.65. The molecule has 0 spiro atoms. The number of benzene rings is 1. The molecule has 0 radical (unpaired) electrons. The number of aliphatic hydroxyl groups is 1. The number of aliphatic hydroxyl groups excluding tert-OH is 1. The predicted octanol–water partition coefficient (Wildman–Crippen LogP) is 4.04. The number of aryl methyl sites for hydroxylation is 1. The summed E-state index contributed by atoms with van der Waals surface area (Å²) in [5.41, 5.74) is 2.36. The second kappa shape index (κ2) is 9.15. The molecule has 0 saturated heterocycles. The summed E-state index contributed by atoms with van der Waals surface area (Å²) in [6, 6.07) is 8.37. The van der Waals surface area contributed by atoms with Crippen LogP contribution in [-0.2, 0) is 6.42 Å². The lowest BCUT2D eigenvalue weighted by Crippen LogP contribution is -2.33. The van der Waals surface area contributed by atoms with Crippen LogP contribution in [0.15, 0.2) is 24.3 Å². The average molecular weight is 277 g/mol. The molecule has 0 saturated carbocycles. The summed E-state index contributed by atoms with van der Waals surface area (Å²) in [4.78, 5) is 2.37. The Balaban J connectivity index is 2.58. The van der Waals surface area contributed by atoms with Crippen LogP contribution in [0.2, 0.25) is 0 Å². The number of hydrogen-bond donors (Lipinski definition) is 1. The fraction of sp³-hybridized carbons (Fsp3) is 0.667. The molecule has 1 unspecified atom stereocenters. The third-order valence-corrected chi connectivity index (χ3v) is 4.32. The third-order valence-electron chi connectivity index (χ3n) is 4.32. The molecule has 0 amide bonds. The lowest BCUT2D eigenvalue weighted by atomic mass is 10.0. The SMILES string of the molecule is CCc1ccc(C(O)CN(CC)CC(CC)CC)cc1. The summed E-state index contributed by atoms with van der Waals surface area (Å²) in [7, 11) is 0. The minimum absolute atomic E-state index is 0.379. The van der Waals surface area contributed by atoms with E-state index >= 15 is 0 Å². The van der Waals surface area contributed by atoms with Gasteiger partial charge in [-0.05, 0) is 30.0 Å². The van der Waals surface area contributed by atoms with Gasteiger partial charge in [-0.1, -0.05) is 64.8 Å². The smallest absolute Gasteiger partial charge is 0.0916 e. The Bertz CT molecular complexity index is 356. The Morgan fingerprint density at radius 1 is 0.950 bits per heavy atom. The molecule has 0 aliphatic rings. The zero-order valence-corrected chi connectivity index (χ0v) is 13.6. The molecule has 1 N–H and O–H groups in total. The van der Waals surface area contributed by atoms with Crippen LogP contribution in [0.25, 0.3) is 0 Å². The van der Waals surface area contributed by atoms with Gasteiger partial charge in [-0.25, -0.2) is 0 Å². The van der Waals surface area contributed by atoms with E-state index in [1.165, 1.54) is 18.4 Å². The number of hydrogen-bond acceptors (Lipinski definition) is 2. The summed E-state index contributed by atoms with van der Waals surface area (Å²) in [6.07, 6.45) is 3.10. The molecule has 2 heteroatoms. The predicted molar refractivity (Wildman–Crippen MR) is 87.0 cm³/mol. The van der Waals surface area contributed by atoms with Gasteiger partial charge in [0, 0.05) is 13.1 Å². The van der Waals surface area contributed by atoms with E-state index in [1.807, 2.05) is 0 Å². The molecule has 20 heavy (non-hydrogen) atoms. The number of likely N-dealkylation sites (N-methyl/N-ethyl adjacent to an activating group) is 1. The highest BCUT2D eigenvalue weighted by Gasteiger charge is 2.15. The van der Waals surface area contributed by atoms with Gasteiger partial charge in [0.2, 0.25) is 0 Å². The maximum atomic E-state index is 10.4. The molecular formula is C18H31NO. The zero-order valence-electron chi connectivity index (χ0n) is 13.6. The van der Waals surface area contributed by atoms with Crippen LogP contribution in [0.1, 0.15) is 57.8 Å². The Labute approximate surface area is 124 Å². The van der Waals surface area contributed by atoms with Crippen LogP contribution in [0.5, 0.6) is 0 Å². The van der Waals surface area contributed by atoms with Gasteiger partial charge in [0.1, 0.15) is 0 Å². The molecule has 114 valence electrons. The van der Waals surface area contributed by atoms with Crippen LogP contribution in [0.4, 0.5) is 0 Å². The fourth-order valence-corrected chi connectivity index (χ4v) is 2.57. The van der Waals surface area contributed by atoms with E-state index in [1.54, 1.807) is 0 Å². The summed E-state index contributed by atoms with van der Waals surface area (Å²) in [6.45, 7) is 11.7. The maximum absolute atomic E-state index is 10.4. The van der Waals surface area contributed by atoms with Crippen molar-refractivity contribution in [2.45, 2.75) is 53.1 Å². The van der Waals surface area contributed by atoms with Crippen molar-refractivity contribution in [3.8, 4) is 0 Å². The molecule has 2 nitrogen and oxygen atoms in total. The third kappa shape index (κ3) is 5.26. The van der Waals surface area contributed by atoms with Crippen molar-refractivity contribution in [2.24, 2.45) is 5.92 Å². The van der Waals surface area contributed by atoms with Gasteiger partial charge in [-0.3, -0.25) is 0 Å². The monoisotopic (exact) mass is 277 g/mol. The van der Waals surface area contributed by atoms with Gasteiger partial charge in [-0.2, -0.15) is 0 Å². The Kier molecular flexibility index (Phi) is 7.86. The van der Waals surface area contributed by atoms with E-state index in [-0.39, 0.29) is 6.10 Å². The topological polar surface area (TPSA) is 23.5 Å².